The lowest BCUT2D eigenvalue weighted by Crippen LogP contribution is -2.06. The van der Waals surface area contributed by atoms with E-state index in [1.165, 1.54) is 6.20 Å². The van der Waals surface area contributed by atoms with Gasteiger partial charge in [0.25, 0.3) is 0 Å². The van der Waals surface area contributed by atoms with E-state index in [0.29, 0.717) is 23.8 Å². The molecule has 2 aromatic rings. The Morgan fingerprint density at radius 1 is 1.41 bits per heavy atom. The zero-order chi connectivity index (χ0) is 12.1. The topological polar surface area (TPSA) is 67.8 Å². The number of rotatable bonds is 4. The molecule has 0 atom stereocenters. The van der Waals surface area contributed by atoms with Crippen LogP contribution in [0.5, 0.6) is 0 Å². The molecule has 0 aliphatic carbocycles. The molecule has 17 heavy (non-hydrogen) atoms. The third-order valence-corrected chi connectivity index (χ3v) is 2.25. The van der Waals surface area contributed by atoms with Crippen LogP contribution in [-0.2, 0) is 6.54 Å². The lowest BCUT2D eigenvalue weighted by Gasteiger charge is -2.07. The number of nitrogens with one attached hydrogen (secondary N) is 1. The molecule has 0 spiro atoms. The smallest absolute Gasteiger partial charge is 0.155 e. The summed E-state index contributed by atoms with van der Waals surface area (Å²) in [4.78, 5) is 23.0. The van der Waals surface area contributed by atoms with Gasteiger partial charge in [-0.25, -0.2) is 9.97 Å². The molecular formula is C12H12N4O. The molecular weight excluding hydrogens is 216 g/mol. The van der Waals surface area contributed by atoms with Crippen LogP contribution in [0.2, 0.25) is 0 Å². The minimum atomic E-state index is 0.458. The number of hydrogen-bond donors (Lipinski definition) is 1. The van der Waals surface area contributed by atoms with Gasteiger partial charge in [0.1, 0.15) is 11.6 Å². The van der Waals surface area contributed by atoms with E-state index in [9.17, 15) is 4.79 Å². The number of aromatic nitrogens is 3. The molecule has 0 bridgehead atoms. The number of anilines is 1. The van der Waals surface area contributed by atoms with E-state index >= 15 is 0 Å². The first-order valence-corrected chi connectivity index (χ1v) is 5.21. The number of carbonyl (C=O) groups excluding carboxylic acids is 1. The number of nitrogens with zero attached hydrogens (tertiary/aromatic N) is 3. The summed E-state index contributed by atoms with van der Waals surface area (Å²) in [6, 6.07) is 3.82. The van der Waals surface area contributed by atoms with Crippen LogP contribution in [0.3, 0.4) is 0 Å². The van der Waals surface area contributed by atoms with Crippen LogP contribution in [0.1, 0.15) is 21.7 Å². The number of carbonyl (C=O) groups is 1. The van der Waals surface area contributed by atoms with Crippen molar-refractivity contribution in [2.75, 3.05) is 5.32 Å². The first-order chi connectivity index (χ1) is 8.29. The molecule has 0 aliphatic heterocycles. The highest BCUT2D eigenvalue weighted by Crippen LogP contribution is 2.10. The van der Waals surface area contributed by atoms with Gasteiger partial charge in [-0.15, -0.1) is 0 Å². The minimum absolute atomic E-state index is 0.458. The van der Waals surface area contributed by atoms with Crippen LogP contribution < -0.4 is 5.32 Å². The Bertz CT molecular complexity index is 513. The third-order valence-electron chi connectivity index (χ3n) is 2.25. The van der Waals surface area contributed by atoms with Gasteiger partial charge in [0.05, 0.1) is 5.56 Å². The van der Waals surface area contributed by atoms with Crippen molar-refractivity contribution in [1.29, 1.82) is 0 Å². The minimum Gasteiger partial charge on any atom is -0.365 e. The van der Waals surface area contributed by atoms with Crippen molar-refractivity contribution in [3.8, 4) is 0 Å². The normalized spacial score (nSPS) is 9.94. The van der Waals surface area contributed by atoms with Gasteiger partial charge in [0, 0.05) is 25.1 Å². The summed E-state index contributed by atoms with van der Waals surface area (Å²) in [6.45, 7) is 2.36. The Hall–Kier alpha value is -2.30. The van der Waals surface area contributed by atoms with Crippen molar-refractivity contribution in [2.45, 2.75) is 13.5 Å². The largest absolute Gasteiger partial charge is 0.365 e. The van der Waals surface area contributed by atoms with Crippen molar-refractivity contribution < 1.29 is 4.79 Å². The van der Waals surface area contributed by atoms with Crippen molar-refractivity contribution in [3.63, 3.8) is 0 Å². The maximum absolute atomic E-state index is 10.8. The molecule has 1 N–H and O–H groups in total. The van der Waals surface area contributed by atoms with E-state index in [-0.39, 0.29) is 0 Å². The molecule has 5 nitrogen and oxygen atoms in total. The lowest BCUT2D eigenvalue weighted by molar-refractivity contribution is 0.112. The number of hydrogen-bond acceptors (Lipinski definition) is 5. The van der Waals surface area contributed by atoms with Gasteiger partial charge >= 0.3 is 0 Å². The van der Waals surface area contributed by atoms with Crippen molar-refractivity contribution in [1.82, 2.24) is 15.0 Å². The van der Waals surface area contributed by atoms with Gasteiger partial charge in [-0.05, 0) is 18.6 Å². The average Bonchev–Trinajstić information content (AvgIpc) is 2.38. The standard InChI is InChI=1S/C12H12N4O/c1-9-14-7-11(8-17)12(16-9)15-6-10-3-2-4-13-5-10/h2-5,7-8H,6H2,1H3,(H,14,15,16). The third kappa shape index (κ3) is 2.84. The maximum atomic E-state index is 10.8. The second-order valence-electron chi connectivity index (χ2n) is 3.55. The highest BCUT2D eigenvalue weighted by Gasteiger charge is 2.04. The Kier molecular flexibility index (Phi) is 3.40. The van der Waals surface area contributed by atoms with Gasteiger partial charge in [0.15, 0.2) is 6.29 Å². The van der Waals surface area contributed by atoms with Crippen LogP contribution in [0.15, 0.2) is 30.7 Å². The molecule has 0 saturated heterocycles. The Labute approximate surface area is 99.0 Å². The molecule has 0 unspecified atom stereocenters. The fraction of sp³-hybridized carbons (Fsp3) is 0.167. The molecule has 0 aromatic carbocycles. The van der Waals surface area contributed by atoms with Crippen molar-refractivity contribution in [2.24, 2.45) is 0 Å². The fourth-order valence-electron chi connectivity index (χ4n) is 1.40. The molecule has 2 aromatic heterocycles. The van der Waals surface area contributed by atoms with Crippen LogP contribution in [0.4, 0.5) is 5.82 Å². The molecule has 0 fully saturated rings. The fourth-order valence-corrected chi connectivity index (χ4v) is 1.40. The van der Waals surface area contributed by atoms with Gasteiger partial charge in [-0.2, -0.15) is 0 Å². The first kappa shape index (κ1) is 11.2. The van der Waals surface area contributed by atoms with Crippen molar-refractivity contribution >= 4 is 12.1 Å². The summed E-state index contributed by atoms with van der Waals surface area (Å²) >= 11 is 0. The molecule has 5 heteroatoms. The molecule has 86 valence electrons. The SMILES string of the molecule is Cc1ncc(C=O)c(NCc2cccnc2)n1. The summed E-state index contributed by atoms with van der Waals surface area (Å²) < 4.78 is 0. The summed E-state index contributed by atoms with van der Waals surface area (Å²) in [5, 5.41) is 3.10. The predicted octanol–water partition coefficient (Wildman–Crippen LogP) is 1.60. The number of pyridine rings is 1. The van der Waals surface area contributed by atoms with Crippen LogP contribution in [0, 0.1) is 6.92 Å². The molecule has 0 radical (unpaired) electrons. The second-order valence-corrected chi connectivity index (χ2v) is 3.55. The van der Waals surface area contributed by atoms with E-state index in [0.717, 1.165) is 11.8 Å². The average molecular weight is 228 g/mol. The Morgan fingerprint density at radius 2 is 2.29 bits per heavy atom. The Balaban J connectivity index is 2.13. The van der Waals surface area contributed by atoms with E-state index in [2.05, 4.69) is 20.3 Å². The van der Waals surface area contributed by atoms with Crippen LogP contribution >= 0.6 is 0 Å². The first-order valence-electron chi connectivity index (χ1n) is 5.21. The summed E-state index contributed by atoms with van der Waals surface area (Å²) in [5.74, 6) is 1.18. The number of aldehydes is 1. The Morgan fingerprint density at radius 3 is 3.00 bits per heavy atom. The van der Waals surface area contributed by atoms with E-state index in [1.54, 1.807) is 19.3 Å². The monoisotopic (exact) mass is 228 g/mol. The van der Waals surface area contributed by atoms with Gasteiger partial charge in [-0.1, -0.05) is 6.07 Å². The van der Waals surface area contributed by atoms with Gasteiger partial charge in [0.2, 0.25) is 0 Å². The quantitative estimate of drug-likeness (QED) is 0.805. The van der Waals surface area contributed by atoms with Gasteiger partial charge < -0.3 is 5.32 Å². The second kappa shape index (κ2) is 5.16. The molecule has 0 amide bonds. The van der Waals surface area contributed by atoms with E-state index < -0.39 is 0 Å². The van der Waals surface area contributed by atoms with Gasteiger partial charge in [-0.3, -0.25) is 9.78 Å². The van der Waals surface area contributed by atoms with E-state index in [1.807, 2.05) is 12.1 Å². The van der Waals surface area contributed by atoms with Crippen LogP contribution in [0.25, 0.3) is 0 Å². The molecule has 2 heterocycles. The summed E-state index contributed by atoms with van der Waals surface area (Å²) in [5.41, 5.74) is 1.49. The lowest BCUT2D eigenvalue weighted by atomic mass is 10.2. The van der Waals surface area contributed by atoms with E-state index in [4.69, 9.17) is 0 Å². The molecule has 0 aliphatic rings. The van der Waals surface area contributed by atoms with Crippen molar-refractivity contribution in [3.05, 3.63) is 47.7 Å². The molecule has 0 saturated carbocycles. The highest BCUT2D eigenvalue weighted by atomic mass is 16.1. The zero-order valence-electron chi connectivity index (χ0n) is 9.42. The zero-order valence-corrected chi connectivity index (χ0v) is 9.42. The highest BCUT2D eigenvalue weighted by molar-refractivity contribution is 5.81. The predicted molar refractivity (Wildman–Crippen MR) is 63.7 cm³/mol. The molecule has 2 rings (SSSR count). The number of aryl methyl sites for hydroxylation is 1. The maximum Gasteiger partial charge on any atom is 0.155 e. The summed E-state index contributed by atoms with van der Waals surface area (Å²) in [6.07, 6.45) is 5.74. The summed E-state index contributed by atoms with van der Waals surface area (Å²) in [7, 11) is 0. The van der Waals surface area contributed by atoms with Crippen LogP contribution in [-0.4, -0.2) is 21.2 Å².